The largest absolute Gasteiger partial charge is 0.382 e. The SMILES string of the molecule is CCCNC(CCOCC)C1CC(C)(C)OC1(C)C. The average molecular weight is 271 g/mol. The third kappa shape index (κ3) is 5.05. The Morgan fingerprint density at radius 1 is 1.26 bits per heavy atom. The molecular weight excluding hydrogens is 238 g/mol. The van der Waals surface area contributed by atoms with Crippen molar-refractivity contribution < 1.29 is 9.47 Å². The van der Waals surface area contributed by atoms with Crippen molar-refractivity contribution in [3.05, 3.63) is 0 Å². The smallest absolute Gasteiger partial charge is 0.0677 e. The average Bonchev–Trinajstić information content (AvgIpc) is 2.52. The van der Waals surface area contributed by atoms with Crippen LogP contribution in [0, 0.1) is 5.92 Å². The molecule has 1 heterocycles. The van der Waals surface area contributed by atoms with Crippen LogP contribution in [-0.4, -0.2) is 37.0 Å². The second kappa shape index (κ2) is 7.05. The molecule has 1 aliphatic rings. The van der Waals surface area contributed by atoms with E-state index in [2.05, 4.69) is 46.9 Å². The summed E-state index contributed by atoms with van der Waals surface area (Å²) in [6.45, 7) is 15.8. The third-order valence-electron chi connectivity index (χ3n) is 4.06. The number of rotatable bonds is 8. The van der Waals surface area contributed by atoms with Gasteiger partial charge in [0, 0.05) is 25.2 Å². The van der Waals surface area contributed by atoms with Crippen LogP contribution >= 0.6 is 0 Å². The van der Waals surface area contributed by atoms with Gasteiger partial charge in [0.2, 0.25) is 0 Å². The molecule has 0 spiro atoms. The predicted octanol–water partition coefficient (Wildman–Crippen LogP) is 3.37. The lowest BCUT2D eigenvalue weighted by Crippen LogP contribution is -2.45. The Labute approximate surface area is 119 Å². The van der Waals surface area contributed by atoms with Crippen LogP contribution in [0.25, 0.3) is 0 Å². The Kier molecular flexibility index (Phi) is 6.28. The van der Waals surface area contributed by atoms with E-state index in [-0.39, 0.29) is 11.2 Å². The first-order chi connectivity index (χ1) is 8.82. The molecule has 0 saturated carbocycles. The Hall–Kier alpha value is -0.120. The first-order valence-electron chi connectivity index (χ1n) is 7.83. The zero-order valence-electron chi connectivity index (χ0n) is 13.7. The van der Waals surface area contributed by atoms with Crippen LogP contribution in [-0.2, 0) is 9.47 Å². The zero-order chi connectivity index (χ0) is 14.5. The van der Waals surface area contributed by atoms with E-state index in [1.54, 1.807) is 0 Å². The van der Waals surface area contributed by atoms with Gasteiger partial charge in [-0.1, -0.05) is 6.92 Å². The molecule has 0 bridgehead atoms. The minimum atomic E-state index is -0.0544. The molecule has 2 unspecified atom stereocenters. The summed E-state index contributed by atoms with van der Waals surface area (Å²) < 4.78 is 11.8. The molecule has 3 nitrogen and oxygen atoms in total. The summed E-state index contributed by atoms with van der Waals surface area (Å²) in [4.78, 5) is 0. The van der Waals surface area contributed by atoms with Gasteiger partial charge in [-0.05, 0) is 60.4 Å². The van der Waals surface area contributed by atoms with Crippen LogP contribution < -0.4 is 5.32 Å². The first kappa shape index (κ1) is 16.9. The van der Waals surface area contributed by atoms with Gasteiger partial charge >= 0.3 is 0 Å². The molecule has 0 aromatic rings. The Morgan fingerprint density at radius 2 is 1.95 bits per heavy atom. The molecule has 0 radical (unpaired) electrons. The molecule has 0 aromatic heterocycles. The predicted molar refractivity (Wildman–Crippen MR) is 80.5 cm³/mol. The Morgan fingerprint density at radius 3 is 2.42 bits per heavy atom. The topological polar surface area (TPSA) is 30.5 Å². The lowest BCUT2D eigenvalue weighted by Gasteiger charge is -2.33. The summed E-state index contributed by atoms with van der Waals surface area (Å²) in [5, 5.41) is 3.70. The van der Waals surface area contributed by atoms with Crippen molar-refractivity contribution in [2.75, 3.05) is 19.8 Å². The van der Waals surface area contributed by atoms with Crippen LogP contribution in [0.5, 0.6) is 0 Å². The third-order valence-corrected chi connectivity index (χ3v) is 4.06. The van der Waals surface area contributed by atoms with Crippen molar-refractivity contribution in [1.29, 1.82) is 0 Å². The molecule has 1 saturated heterocycles. The highest BCUT2D eigenvalue weighted by atomic mass is 16.5. The standard InChI is InChI=1S/C16H33NO2/c1-7-10-17-14(9-11-18-8-2)13-12-15(3,4)19-16(13,5)6/h13-14,17H,7-12H2,1-6H3. The number of hydrogen-bond donors (Lipinski definition) is 1. The molecular formula is C16H33NO2. The van der Waals surface area contributed by atoms with Crippen molar-refractivity contribution in [3.63, 3.8) is 0 Å². The van der Waals surface area contributed by atoms with E-state index in [0.29, 0.717) is 12.0 Å². The summed E-state index contributed by atoms with van der Waals surface area (Å²) >= 11 is 0. The number of hydrogen-bond acceptors (Lipinski definition) is 3. The van der Waals surface area contributed by atoms with E-state index in [9.17, 15) is 0 Å². The van der Waals surface area contributed by atoms with Gasteiger partial charge in [-0.15, -0.1) is 0 Å². The molecule has 19 heavy (non-hydrogen) atoms. The molecule has 3 heteroatoms. The van der Waals surface area contributed by atoms with E-state index in [1.165, 1.54) is 6.42 Å². The highest BCUT2D eigenvalue weighted by molar-refractivity contribution is 4.99. The Balaban J connectivity index is 2.67. The van der Waals surface area contributed by atoms with Crippen molar-refractivity contribution in [2.45, 2.75) is 78.0 Å². The summed E-state index contributed by atoms with van der Waals surface area (Å²) in [6.07, 6.45) is 3.36. The van der Waals surface area contributed by atoms with Crippen LogP contribution in [0.3, 0.4) is 0 Å². The van der Waals surface area contributed by atoms with Crippen molar-refractivity contribution in [1.82, 2.24) is 5.32 Å². The minimum absolute atomic E-state index is 0.00801. The van der Waals surface area contributed by atoms with E-state index in [1.807, 2.05) is 0 Å². The maximum atomic E-state index is 6.24. The summed E-state index contributed by atoms with van der Waals surface area (Å²) in [5.74, 6) is 0.550. The Bertz CT molecular complexity index is 263. The highest BCUT2D eigenvalue weighted by Gasteiger charge is 2.48. The molecule has 0 aliphatic carbocycles. The highest BCUT2D eigenvalue weighted by Crippen LogP contribution is 2.44. The molecule has 1 aliphatic heterocycles. The van der Waals surface area contributed by atoms with Gasteiger partial charge in [0.25, 0.3) is 0 Å². The summed E-state index contributed by atoms with van der Waals surface area (Å²) in [5.41, 5.74) is -0.0625. The lowest BCUT2D eigenvalue weighted by atomic mass is 9.80. The summed E-state index contributed by atoms with van der Waals surface area (Å²) in [7, 11) is 0. The van der Waals surface area contributed by atoms with Gasteiger partial charge in [0.15, 0.2) is 0 Å². The van der Waals surface area contributed by atoms with E-state index in [0.717, 1.165) is 32.6 Å². The zero-order valence-corrected chi connectivity index (χ0v) is 13.7. The van der Waals surface area contributed by atoms with Crippen molar-refractivity contribution >= 4 is 0 Å². The molecule has 1 rings (SSSR count). The fourth-order valence-electron chi connectivity index (χ4n) is 3.36. The fourth-order valence-corrected chi connectivity index (χ4v) is 3.36. The second-order valence-electron chi connectivity index (χ2n) is 6.82. The fraction of sp³-hybridized carbons (Fsp3) is 1.00. The van der Waals surface area contributed by atoms with Gasteiger partial charge in [-0.25, -0.2) is 0 Å². The van der Waals surface area contributed by atoms with Gasteiger partial charge in [-0.3, -0.25) is 0 Å². The quantitative estimate of drug-likeness (QED) is 0.687. The monoisotopic (exact) mass is 271 g/mol. The normalized spacial score (nSPS) is 26.5. The molecule has 0 amide bonds. The molecule has 1 fully saturated rings. The van der Waals surface area contributed by atoms with Gasteiger partial charge < -0.3 is 14.8 Å². The molecule has 114 valence electrons. The van der Waals surface area contributed by atoms with Gasteiger partial charge in [0.05, 0.1) is 11.2 Å². The van der Waals surface area contributed by atoms with Crippen LogP contribution in [0.2, 0.25) is 0 Å². The summed E-state index contributed by atoms with van der Waals surface area (Å²) in [6, 6.07) is 0.489. The van der Waals surface area contributed by atoms with Crippen LogP contribution in [0.4, 0.5) is 0 Å². The van der Waals surface area contributed by atoms with E-state index >= 15 is 0 Å². The van der Waals surface area contributed by atoms with Crippen molar-refractivity contribution in [3.8, 4) is 0 Å². The van der Waals surface area contributed by atoms with Crippen molar-refractivity contribution in [2.24, 2.45) is 5.92 Å². The van der Waals surface area contributed by atoms with Gasteiger partial charge in [0.1, 0.15) is 0 Å². The van der Waals surface area contributed by atoms with Crippen LogP contribution in [0.15, 0.2) is 0 Å². The first-order valence-corrected chi connectivity index (χ1v) is 7.83. The molecule has 0 aromatic carbocycles. The van der Waals surface area contributed by atoms with Gasteiger partial charge in [-0.2, -0.15) is 0 Å². The number of ether oxygens (including phenoxy) is 2. The van der Waals surface area contributed by atoms with E-state index in [4.69, 9.17) is 9.47 Å². The number of nitrogens with one attached hydrogen (secondary N) is 1. The maximum absolute atomic E-state index is 6.24. The molecule has 2 atom stereocenters. The van der Waals surface area contributed by atoms with Crippen LogP contribution in [0.1, 0.15) is 60.8 Å². The lowest BCUT2D eigenvalue weighted by molar-refractivity contribution is -0.0784. The molecule has 1 N–H and O–H groups in total. The maximum Gasteiger partial charge on any atom is 0.0677 e. The minimum Gasteiger partial charge on any atom is -0.382 e. The second-order valence-corrected chi connectivity index (χ2v) is 6.82. The van der Waals surface area contributed by atoms with E-state index < -0.39 is 0 Å².